The Labute approximate surface area is 212 Å². The number of carbonyl (C=O) groups is 3. The molecule has 2 aliphatic rings. The van der Waals surface area contributed by atoms with Crippen LogP contribution >= 0.6 is 11.8 Å². The van der Waals surface area contributed by atoms with Gasteiger partial charge in [-0.3, -0.25) is 19.3 Å². The smallest absolute Gasteiger partial charge is 0.294 e. The van der Waals surface area contributed by atoms with Crippen molar-refractivity contribution in [3.63, 3.8) is 0 Å². The van der Waals surface area contributed by atoms with E-state index < -0.39 is 11.1 Å². The third-order valence-electron chi connectivity index (χ3n) is 6.18. The van der Waals surface area contributed by atoms with Gasteiger partial charge in [0.2, 0.25) is 5.91 Å². The van der Waals surface area contributed by atoms with Crippen LogP contribution in [0.5, 0.6) is 5.75 Å². The lowest BCUT2D eigenvalue weighted by Crippen LogP contribution is -2.44. The third-order valence-corrected chi connectivity index (χ3v) is 7.09. The van der Waals surface area contributed by atoms with Crippen molar-refractivity contribution in [2.45, 2.75) is 19.6 Å². The Morgan fingerprint density at radius 2 is 1.69 bits per heavy atom. The van der Waals surface area contributed by atoms with Crippen LogP contribution in [-0.2, 0) is 29.2 Å². The average Bonchev–Trinajstić information content (AvgIpc) is 3.16. The van der Waals surface area contributed by atoms with Crippen LogP contribution < -0.4 is 4.74 Å². The van der Waals surface area contributed by atoms with Crippen molar-refractivity contribution in [1.82, 2.24) is 9.80 Å². The Bertz CT molecular complexity index is 1360. The van der Waals surface area contributed by atoms with Gasteiger partial charge in [-0.15, -0.1) is 0 Å². The molecule has 36 heavy (non-hydrogen) atoms. The molecule has 2 heterocycles. The average molecular weight is 503 g/mol. The highest BCUT2D eigenvalue weighted by Crippen LogP contribution is 2.32. The lowest BCUT2D eigenvalue weighted by atomic mass is 10.00. The van der Waals surface area contributed by atoms with Crippen LogP contribution in [-0.4, -0.2) is 39.9 Å². The van der Waals surface area contributed by atoms with Crippen molar-refractivity contribution >= 4 is 34.9 Å². The van der Waals surface area contributed by atoms with E-state index in [2.05, 4.69) is 6.07 Å². The molecule has 3 amide bonds. The van der Waals surface area contributed by atoms with Gasteiger partial charge in [-0.25, -0.2) is 4.39 Å². The van der Waals surface area contributed by atoms with Crippen LogP contribution in [0.4, 0.5) is 9.18 Å². The van der Waals surface area contributed by atoms with Gasteiger partial charge in [-0.1, -0.05) is 54.6 Å². The molecule has 1 fully saturated rings. The van der Waals surface area contributed by atoms with Gasteiger partial charge in [-0.05, 0) is 59.1 Å². The van der Waals surface area contributed by atoms with Gasteiger partial charge in [0.25, 0.3) is 11.1 Å². The van der Waals surface area contributed by atoms with Gasteiger partial charge in [0.15, 0.2) is 0 Å². The minimum atomic E-state index is -0.476. The summed E-state index contributed by atoms with van der Waals surface area (Å²) in [5.41, 5.74) is 3.48. The molecular weight excluding hydrogens is 479 g/mol. The molecule has 0 atom stereocenters. The van der Waals surface area contributed by atoms with Crippen molar-refractivity contribution in [3.05, 3.63) is 106 Å². The van der Waals surface area contributed by atoms with Gasteiger partial charge in [0.1, 0.15) is 24.7 Å². The number of hydrogen-bond acceptors (Lipinski definition) is 5. The van der Waals surface area contributed by atoms with Crippen molar-refractivity contribution in [1.29, 1.82) is 0 Å². The first-order chi connectivity index (χ1) is 17.5. The second kappa shape index (κ2) is 10.4. The summed E-state index contributed by atoms with van der Waals surface area (Å²) in [5, 5.41) is -0.457. The van der Waals surface area contributed by atoms with E-state index in [0.717, 1.165) is 28.6 Å². The minimum absolute atomic E-state index is 0.0988. The number of hydrogen-bond donors (Lipinski definition) is 0. The van der Waals surface area contributed by atoms with E-state index in [9.17, 15) is 18.8 Å². The van der Waals surface area contributed by atoms with Crippen molar-refractivity contribution in [3.8, 4) is 5.75 Å². The van der Waals surface area contributed by atoms with Crippen LogP contribution in [0.15, 0.2) is 77.7 Å². The Balaban J connectivity index is 1.20. The Hall–Kier alpha value is -3.91. The number of nitrogens with zero attached hydrogens (tertiary/aromatic N) is 2. The van der Waals surface area contributed by atoms with Crippen molar-refractivity contribution in [2.24, 2.45) is 0 Å². The van der Waals surface area contributed by atoms with E-state index in [-0.39, 0.29) is 29.8 Å². The first-order valence-corrected chi connectivity index (χ1v) is 12.4. The van der Waals surface area contributed by atoms with Gasteiger partial charge < -0.3 is 9.64 Å². The number of amides is 3. The zero-order valence-corrected chi connectivity index (χ0v) is 20.2. The van der Waals surface area contributed by atoms with Gasteiger partial charge >= 0.3 is 0 Å². The Morgan fingerprint density at radius 3 is 2.47 bits per heavy atom. The van der Waals surface area contributed by atoms with E-state index >= 15 is 0 Å². The summed E-state index contributed by atoms with van der Waals surface area (Å²) in [6.45, 7) is 0.869. The molecule has 6 nitrogen and oxygen atoms in total. The first-order valence-electron chi connectivity index (χ1n) is 11.5. The highest BCUT2D eigenvalue weighted by Gasteiger charge is 2.37. The van der Waals surface area contributed by atoms with Crippen LogP contribution in [0, 0.1) is 5.82 Å². The molecule has 0 radical (unpaired) electrons. The highest BCUT2D eigenvalue weighted by molar-refractivity contribution is 8.18. The summed E-state index contributed by atoms with van der Waals surface area (Å²) in [7, 11) is 0. The van der Waals surface area contributed by atoms with Gasteiger partial charge in [-0.2, -0.15) is 0 Å². The molecule has 3 aromatic rings. The SMILES string of the molecule is O=C(CN1C(=O)S/C(=C/c2ccc(OCc3ccccc3F)cc2)C1=O)N1CCc2ccccc2C1. The van der Waals surface area contributed by atoms with E-state index in [1.165, 1.54) is 11.6 Å². The summed E-state index contributed by atoms with van der Waals surface area (Å²) in [5.74, 6) is -0.495. The topological polar surface area (TPSA) is 66.9 Å². The lowest BCUT2D eigenvalue weighted by molar-refractivity contribution is -0.136. The molecule has 2 aliphatic heterocycles. The van der Waals surface area contributed by atoms with Crippen molar-refractivity contribution in [2.75, 3.05) is 13.1 Å². The Morgan fingerprint density at radius 1 is 0.972 bits per heavy atom. The number of fused-ring (bicyclic) bond motifs is 1. The maximum Gasteiger partial charge on any atom is 0.294 e. The summed E-state index contributed by atoms with van der Waals surface area (Å²) in [6, 6.07) is 21.3. The maximum absolute atomic E-state index is 13.8. The lowest BCUT2D eigenvalue weighted by Gasteiger charge is -2.29. The first kappa shape index (κ1) is 23.8. The molecule has 0 saturated carbocycles. The fourth-order valence-corrected chi connectivity index (χ4v) is 5.01. The van der Waals surface area contributed by atoms with Crippen LogP contribution in [0.1, 0.15) is 22.3 Å². The monoisotopic (exact) mass is 502 g/mol. The summed E-state index contributed by atoms with van der Waals surface area (Å²) < 4.78 is 19.4. The molecule has 0 unspecified atom stereocenters. The summed E-state index contributed by atoms with van der Waals surface area (Å²) >= 11 is 0.822. The second-order valence-electron chi connectivity index (χ2n) is 8.55. The fraction of sp³-hybridized carbons (Fsp3) is 0.179. The second-order valence-corrected chi connectivity index (χ2v) is 9.54. The quantitative estimate of drug-likeness (QED) is 0.443. The number of rotatable bonds is 6. The van der Waals surface area contributed by atoms with Gasteiger partial charge in [0, 0.05) is 18.7 Å². The largest absolute Gasteiger partial charge is 0.489 e. The molecule has 5 rings (SSSR count). The number of ether oxygens (including phenoxy) is 1. The van der Waals surface area contributed by atoms with Crippen molar-refractivity contribution < 1.29 is 23.5 Å². The normalized spacial score (nSPS) is 16.4. The highest BCUT2D eigenvalue weighted by atomic mass is 32.2. The summed E-state index contributed by atoms with van der Waals surface area (Å²) in [6.07, 6.45) is 2.37. The van der Waals surface area contributed by atoms with Crippen LogP contribution in [0.25, 0.3) is 6.08 Å². The molecule has 8 heteroatoms. The summed E-state index contributed by atoms with van der Waals surface area (Å²) in [4.78, 5) is 41.2. The molecule has 0 spiro atoms. The molecular formula is C28H23FN2O4S. The predicted molar refractivity (Wildman–Crippen MR) is 135 cm³/mol. The van der Waals surface area contributed by atoms with Gasteiger partial charge in [0.05, 0.1) is 4.91 Å². The fourth-order valence-electron chi connectivity index (χ4n) is 4.17. The zero-order valence-electron chi connectivity index (χ0n) is 19.4. The number of halogens is 1. The third kappa shape index (κ3) is 5.18. The predicted octanol–water partition coefficient (Wildman–Crippen LogP) is 5.03. The number of benzene rings is 3. The molecule has 3 aromatic carbocycles. The number of carbonyl (C=O) groups excluding carboxylic acids is 3. The molecule has 0 bridgehead atoms. The zero-order chi connectivity index (χ0) is 25.1. The van der Waals surface area contributed by atoms with E-state index in [1.54, 1.807) is 53.4 Å². The molecule has 0 N–H and O–H groups in total. The minimum Gasteiger partial charge on any atom is -0.489 e. The van der Waals surface area contributed by atoms with E-state index in [1.807, 2.05) is 18.2 Å². The molecule has 182 valence electrons. The van der Waals surface area contributed by atoms with E-state index in [0.29, 0.717) is 30.0 Å². The number of imide groups is 1. The standard InChI is InChI=1S/C28H23FN2O4S/c29-24-8-4-3-7-22(24)18-35-23-11-9-19(10-12-23)15-25-27(33)31(28(34)36-25)17-26(32)30-14-13-20-5-1-2-6-21(20)16-30/h1-12,15H,13-14,16-18H2/b25-15+. The van der Waals surface area contributed by atoms with Crippen LogP contribution in [0.2, 0.25) is 0 Å². The molecule has 1 saturated heterocycles. The maximum atomic E-state index is 13.8. The van der Waals surface area contributed by atoms with E-state index in [4.69, 9.17) is 4.74 Å². The molecule has 0 aromatic heterocycles. The number of thioether (sulfide) groups is 1. The molecule has 0 aliphatic carbocycles. The van der Waals surface area contributed by atoms with Crippen LogP contribution in [0.3, 0.4) is 0 Å². The Kier molecular flexibility index (Phi) is 6.86.